The number of ether oxygens (including phenoxy) is 3. The second-order valence-electron chi connectivity index (χ2n) is 7.32. The molecule has 3 atom stereocenters. The Labute approximate surface area is 157 Å². The predicted molar refractivity (Wildman–Crippen MR) is 99.9 cm³/mol. The molecule has 6 heteroatoms. The number of fused-ring (bicyclic) bond motifs is 6. The average molecular weight is 372 g/mol. The molecule has 3 unspecified atom stereocenters. The van der Waals surface area contributed by atoms with Gasteiger partial charge in [-0.3, -0.25) is 4.79 Å². The van der Waals surface area contributed by atoms with Gasteiger partial charge in [-0.25, -0.2) is 4.79 Å². The highest BCUT2D eigenvalue weighted by atomic mass is 16.5. The lowest BCUT2D eigenvalue weighted by atomic mass is 9.86. The number of hydrogen-bond donors (Lipinski definition) is 0. The Morgan fingerprint density at radius 2 is 1.96 bits per heavy atom. The van der Waals surface area contributed by atoms with Crippen molar-refractivity contribution in [3.8, 4) is 11.5 Å². The Morgan fingerprint density at radius 1 is 1.19 bits per heavy atom. The minimum Gasteiger partial charge on any atom is -0.492 e. The lowest BCUT2D eigenvalue weighted by Crippen LogP contribution is -2.31. The van der Waals surface area contributed by atoms with Crippen LogP contribution in [0.4, 0.5) is 0 Å². The van der Waals surface area contributed by atoms with E-state index in [9.17, 15) is 9.59 Å². The number of carbonyl (C=O) groups excluding carboxylic acids is 1. The quantitative estimate of drug-likeness (QED) is 0.763. The first-order chi connectivity index (χ1) is 13.0. The van der Waals surface area contributed by atoms with E-state index in [2.05, 4.69) is 6.92 Å². The fourth-order valence-electron chi connectivity index (χ4n) is 4.12. The molecule has 27 heavy (non-hydrogen) atoms. The molecule has 6 nitrogen and oxygen atoms in total. The van der Waals surface area contributed by atoms with Crippen molar-refractivity contribution >= 4 is 16.8 Å². The summed E-state index contributed by atoms with van der Waals surface area (Å²) in [6, 6.07) is 1.48. The lowest BCUT2D eigenvalue weighted by molar-refractivity contribution is -0.00922. The van der Waals surface area contributed by atoms with Gasteiger partial charge in [0.1, 0.15) is 23.2 Å². The Morgan fingerprint density at radius 3 is 2.67 bits per heavy atom. The second kappa shape index (κ2) is 6.68. The molecule has 0 bridgehead atoms. The van der Waals surface area contributed by atoms with E-state index in [0.29, 0.717) is 42.1 Å². The van der Waals surface area contributed by atoms with Crippen molar-refractivity contribution in [1.29, 1.82) is 0 Å². The third-order valence-electron chi connectivity index (χ3n) is 5.30. The van der Waals surface area contributed by atoms with Gasteiger partial charge in [-0.05, 0) is 25.8 Å². The standard InChI is InChI=1S/C21H24O6/c1-5-12-8-14(23)27-20-15(12)19-17(18(24-6-2)10(3)9-25-19)21-16(20)13(22)7-11(4)26-21/h8,10-11,18H,5-7,9H2,1-4H3. The largest absolute Gasteiger partial charge is 0.492 e. The molecule has 2 aromatic rings. The number of benzene rings is 1. The SMILES string of the molecule is CCOC1c2c3c(c4oc(=O)cc(CC)c4c2OCC1C)C(=O)CC(C)O3. The van der Waals surface area contributed by atoms with Gasteiger partial charge in [0.15, 0.2) is 11.4 Å². The molecule has 2 aliphatic rings. The smallest absolute Gasteiger partial charge is 0.336 e. The third kappa shape index (κ3) is 2.74. The van der Waals surface area contributed by atoms with Crippen LogP contribution >= 0.6 is 0 Å². The first kappa shape index (κ1) is 18.0. The summed E-state index contributed by atoms with van der Waals surface area (Å²) in [6.07, 6.45) is 0.368. The van der Waals surface area contributed by atoms with Crippen molar-refractivity contribution in [2.45, 2.75) is 52.7 Å². The summed E-state index contributed by atoms with van der Waals surface area (Å²) < 4.78 is 23.8. The maximum atomic E-state index is 12.9. The van der Waals surface area contributed by atoms with Crippen LogP contribution < -0.4 is 15.1 Å². The zero-order valence-electron chi connectivity index (χ0n) is 16.1. The Kier molecular flexibility index (Phi) is 4.46. The highest BCUT2D eigenvalue weighted by Gasteiger charge is 2.40. The summed E-state index contributed by atoms with van der Waals surface area (Å²) in [5.41, 5.74) is 1.71. The number of rotatable bonds is 3. The van der Waals surface area contributed by atoms with Gasteiger partial charge in [-0.2, -0.15) is 0 Å². The fourth-order valence-corrected chi connectivity index (χ4v) is 4.12. The average Bonchev–Trinajstić information content (AvgIpc) is 2.62. The molecule has 144 valence electrons. The van der Waals surface area contributed by atoms with Crippen LogP contribution in [0.3, 0.4) is 0 Å². The van der Waals surface area contributed by atoms with Crippen molar-refractivity contribution in [2.24, 2.45) is 5.92 Å². The summed E-state index contributed by atoms with van der Waals surface area (Å²) in [4.78, 5) is 25.1. The normalized spacial score (nSPS) is 24.1. The molecule has 3 heterocycles. The van der Waals surface area contributed by atoms with Crippen LogP contribution in [0, 0.1) is 5.92 Å². The minimum atomic E-state index is -0.474. The van der Waals surface area contributed by atoms with Crippen LogP contribution in [0.25, 0.3) is 11.0 Å². The summed E-state index contributed by atoms with van der Waals surface area (Å²) in [6.45, 7) is 8.84. The Hall–Kier alpha value is -2.34. The second-order valence-corrected chi connectivity index (χ2v) is 7.32. The van der Waals surface area contributed by atoms with Crippen molar-refractivity contribution in [3.05, 3.63) is 33.2 Å². The molecule has 2 aliphatic heterocycles. The van der Waals surface area contributed by atoms with E-state index < -0.39 is 5.63 Å². The van der Waals surface area contributed by atoms with E-state index in [1.807, 2.05) is 20.8 Å². The molecule has 0 N–H and O–H groups in total. The number of ketones is 1. The van der Waals surface area contributed by atoms with E-state index in [-0.39, 0.29) is 35.9 Å². The molecular formula is C21H24O6. The molecule has 4 rings (SSSR count). The van der Waals surface area contributed by atoms with Gasteiger partial charge in [-0.1, -0.05) is 13.8 Å². The van der Waals surface area contributed by atoms with Gasteiger partial charge in [0.25, 0.3) is 0 Å². The molecule has 0 amide bonds. The van der Waals surface area contributed by atoms with Crippen molar-refractivity contribution in [3.63, 3.8) is 0 Å². The minimum absolute atomic E-state index is 0.0820. The van der Waals surface area contributed by atoms with Crippen LogP contribution in [-0.2, 0) is 11.2 Å². The zero-order chi connectivity index (χ0) is 19.3. The maximum Gasteiger partial charge on any atom is 0.336 e. The molecule has 0 radical (unpaired) electrons. The molecule has 0 spiro atoms. The Balaban J connectivity index is 2.17. The predicted octanol–water partition coefficient (Wildman–Crippen LogP) is 3.82. The molecule has 1 aromatic carbocycles. The van der Waals surface area contributed by atoms with Gasteiger partial charge in [0.2, 0.25) is 0 Å². The molecule has 0 aliphatic carbocycles. The van der Waals surface area contributed by atoms with Crippen molar-refractivity contribution in [2.75, 3.05) is 13.2 Å². The molecule has 0 saturated carbocycles. The fraction of sp³-hybridized carbons (Fsp3) is 0.524. The van der Waals surface area contributed by atoms with E-state index in [0.717, 1.165) is 11.1 Å². The van der Waals surface area contributed by atoms with Crippen LogP contribution in [0.1, 0.15) is 61.7 Å². The zero-order valence-corrected chi connectivity index (χ0v) is 16.1. The number of carbonyl (C=O) groups is 1. The lowest BCUT2D eigenvalue weighted by Gasteiger charge is -2.36. The van der Waals surface area contributed by atoms with Gasteiger partial charge in [0, 0.05) is 25.0 Å². The third-order valence-corrected chi connectivity index (χ3v) is 5.30. The summed E-state index contributed by atoms with van der Waals surface area (Å²) in [5, 5.41) is 0.689. The summed E-state index contributed by atoms with van der Waals surface area (Å²) in [7, 11) is 0. The highest BCUT2D eigenvalue weighted by Crippen LogP contribution is 2.52. The topological polar surface area (TPSA) is 75.0 Å². The van der Waals surface area contributed by atoms with Crippen molar-refractivity contribution < 1.29 is 23.4 Å². The summed E-state index contributed by atoms with van der Waals surface area (Å²) >= 11 is 0. The monoisotopic (exact) mass is 372 g/mol. The summed E-state index contributed by atoms with van der Waals surface area (Å²) in [5.74, 6) is 1.09. The first-order valence-corrected chi connectivity index (χ1v) is 9.57. The Bertz CT molecular complexity index is 973. The number of hydrogen-bond acceptors (Lipinski definition) is 6. The van der Waals surface area contributed by atoms with Gasteiger partial charge in [-0.15, -0.1) is 0 Å². The van der Waals surface area contributed by atoms with Crippen LogP contribution in [0.15, 0.2) is 15.3 Å². The van der Waals surface area contributed by atoms with Crippen LogP contribution in [-0.4, -0.2) is 25.1 Å². The maximum absolute atomic E-state index is 12.9. The first-order valence-electron chi connectivity index (χ1n) is 9.57. The van der Waals surface area contributed by atoms with Crippen LogP contribution in [0.2, 0.25) is 0 Å². The highest BCUT2D eigenvalue weighted by molar-refractivity contribution is 6.12. The molecular weight excluding hydrogens is 348 g/mol. The van der Waals surface area contributed by atoms with Gasteiger partial charge in [0.05, 0.1) is 23.7 Å². The van der Waals surface area contributed by atoms with Gasteiger partial charge < -0.3 is 18.6 Å². The van der Waals surface area contributed by atoms with E-state index in [4.69, 9.17) is 18.6 Å². The van der Waals surface area contributed by atoms with Crippen molar-refractivity contribution in [1.82, 2.24) is 0 Å². The van der Waals surface area contributed by atoms with E-state index >= 15 is 0 Å². The van der Waals surface area contributed by atoms with Gasteiger partial charge >= 0.3 is 5.63 Å². The molecule has 0 fully saturated rings. The van der Waals surface area contributed by atoms with E-state index in [1.165, 1.54) is 6.07 Å². The van der Waals surface area contributed by atoms with Crippen LogP contribution in [0.5, 0.6) is 11.5 Å². The number of aryl methyl sites for hydroxylation is 1. The van der Waals surface area contributed by atoms with E-state index in [1.54, 1.807) is 0 Å². The number of Topliss-reactive ketones (excluding diaryl/α,β-unsaturated/α-hetero) is 1. The molecule has 1 aromatic heterocycles. The molecule has 0 saturated heterocycles.